The number of nitrogens with zero attached hydrogens (tertiary/aromatic N) is 1. The maximum atomic E-state index is 16.4. The van der Waals surface area contributed by atoms with Crippen LogP contribution in [-0.2, 0) is 10.8 Å². The van der Waals surface area contributed by atoms with E-state index in [0.29, 0.717) is 27.7 Å². The van der Waals surface area contributed by atoms with Crippen LogP contribution in [0.2, 0.25) is 5.04 Å². The van der Waals surface area contributed by atoms with Crippen LogP contribution in [-0.4, -0.2) is 43.3 Å². The largest absolute Gasteiger partial charge is 0.401 e. The van der Waals surface area contributed by atoms with Crippen molar-refractivity contribution < 1.29 is 26.4 Å². The first-order valence-electron chi connectivity index (χ1n) is 15.5. The van der Waals surface area contributed by atoms with Gasteiger partial charge in [-0.15, -0.1) is 0 Å². The van der Waals surface area contributed by atoms with Crippen molar-refractivity contribution in [3.05, 3.63) is 124 Å². The van der Waals surface area contributed by atoms with Gasteiger partial charge >= 0.3 is 0 Å². The zero-order valence-corrected chi connectivity index (χ0v) is 28.2. The lowest BCUT2D eigenvalue weighted by molar-refractivity contribution is -0.0827. The van der Waals surface area contributed by atoms with Gasteiger partial charge in [-0.05, 0) is 84.1 Å². The highest BCUT2D eigenvalue weighted by atomic mass is 28.4. The van der Waals surface area contributed by atoms with Crippen LogP contribution in [0.4, 0.5) is 22.0 Å². The van der Waals surface area contributed by atoms with Crippen LogP contribution in [0.25, 0.3) is 10.9 Å². The Morgan fingerprint density at radius 2 is 1.70 bits per heavy atom. The SMILES string of the molecule is C=C/C(=C\C)[Si](OCC(F)(F)CN1[C@H](c2c(F)cc(C)cc2F)c2[nH]c3ccc(F)cc3c2C[C@H]1C)(c1ccccc1)C(C)(C)C. The van der Waals surface area contributed by atoms with Crippen molar-refractivity contribution in [2.75, 3.05) is 13.2 Å². The average molecular weight is 653 g/mol. The number of benzene rings is 3. The fraction of sp³-hybridized carbons (Fsp3) is 0.351. The van der Waals surface area contributed by atoms with Crippen LogP contribution in [0, 0.1) is 24.4 Å². The first-order chi connectivity index (χ1) is 21.6. The summed E-state index contributed by atoms with van der Waals surface area (Å²) < 4.78 is 85.0. The number of aryl methyl sites for hydroxylation is 1. The molecule has 1 aliphatic rings. The molecule has 0 aliphatic carbocycles. The molecule has 5 rings (SSSR count). The van der Waals surface area contributed by atoms with Gasteiger partial charge < -0.3 is 9.41 Å². The van der Waals surface area contributed by atoms with E-state index in [9.17, 15) is 4.39 Å². The third-order valence-corrected chi connectivity index (χ3v) is 14.3. The van der Waals surface area contributed by atoms with Crippen LogP contribution in [0.3, 0.4) is 0 Å². The molecule has 1 aromatic heterocycles. The molecule has 0 bridgehead atoms. The molecule has 1 unspecified atom stereocenters. The predicted molar refractivity (Wildman–Crippen MR) is 177 cm³/mol. The Morgan fingerprint density at radius 1 is 1.04 bits per heavy atom. The van der Waals surface area contributed by atoms with Gasteiger partial charge in [0.15, 0.2) is 0 Å². The second-order valence-electron chi connectivity index (χ2n) is 13.4. The molecular weight excluding hydrogens is 611 g/mol. The summed E-state index contributed by atoms with van der Waals surface area (Å²) in [6, 6.07) is 14.3. The van der Waals surface area contributed by atoms with Crippen molar-refractivity contribution in [3.8, 4) is 0 Å². The number of halogens is 5. The van der Waals surface area contributed by atoms with Crippen molar-refractivity contribution in [2.45, 2.75) is 71.0 Å². The summed E-state index contributed by atoms with van der Waals surface area (Å²) in [5.74, 6) is -5.53. The van der Waals surface area contributed by atoms with Crippen molar-refractivity contribution in [1.29, 1.82) is 0 Å². The van der Waals surface area contributed by atoms with Gasteiger partial charge in [-0.1, -0.05) is 69.8 Å². The lowest BCUT2D eigenvalue weighted by Crippen LogP contribution is -2.61. The number of aromatic nitrogens is 1. The molecule has 4 aromatic rings. The van der Waals surface area contributed by atoms with Crippen molar-refractivity contribution >= 4 is 24.4 Å². The van der Waals surface area contributed by atoms with E-state index < -0.39 is 62.0 Å². The second kappa shape index (κ2) is 12.6. The van der Waals surface area contributed by atoms with Gasteiger partial charge in [0.1, 0.15) is 17.5 Å². The topological polar surface area (TPSA) is 28.3 Å². The molecule has 3 aromatic carbocycles. The standard InChI is InChI=1S/C37H41F5N2OSi/c1-8-26(9-2)46(36(5,6)7,27-13-11-10-12-14-27)45-22-37(41,42)21-44-24(4)19-29-28-20-25(38)15-16-32(28)43-34(29)35(44)33-30(39)17-23(3)18-31(33)40/h8-18,20,24,35,43H,1,19,21-22H2,2-7H3/b26-9+/t24-,35-,46?/m1/s1. The van der Waals surface area contributed by atoms with Crippen LogP contribution < -0.4 is 5.19 Å². The van der Waals surface area contributed by atoms with E-state index in [1.165, 1.54) is 29.2 Å². The Labute approximate surface area is 268 Å². The van der Waals surface area contributed by atoms with Crippen molar-refractivity contribution in [2.24, 2.45) is 0 Å². The van der Waals surface area contributed by atoms with Gasteiger partial charge in [0.2, 0.25) is 0 Å². The molecule has 2 heterocycles. The number of allylic oxidation sites excluding steroid dienone is 3. The molecular formula is C37H41F5N2OSi. The van der Waals surface area contributed by atoms with E-state index in [0.717, 1.165) is 10.4 Å². The predicted octanol–water partition coefficient (Wildman–Crippen LogP) is 9.21. The number of aromatic amines is 1. The third-order valence-electron chi connectivity index (χ3n) is 9.16. The van der Waals surface area contributed by atoms with Crippen LogP contribution >= 0.6 is 0 Å². The quantitative estimate of drug-likeness (QED) is 0.111. The molecule has 3 atom stereocenters. The number of nitrogens with one attached hydrogen (secondary N) is 1. The summed E-state index contributed by atoms with van der Waals surface area (Å²) >= 11 is 0. The number of H-pyrrole nitrogens is 1. The van der Waals surface area contributed by atoms with Crippen molar-refractivity contribution in [1.82, 2.24) is 9.88 Å². The van der Waals surface area contributed by atoms with Crippen LogP contribution in [0.5, 0.6) is 0 Å². The van der Waals surface area contributed by atoms with Crippen LogP contribution in [0.15, 0.2) is 84.6 Å². The summed E-state index contributed by atoms with van der Waals surface area (Å²) in [5, 5.41) is 1.66. The Kier molecular flexibility index (Phi) is 9.25. The molecule has 0 radical (unpaired) electrons. The van der Waals surface area contributed by atoms with E-state index >= 15 is 17.6 Å². The van der Waals surface area contributed by atoms with E-state index in [4.69, 9.17) is 4.43 Å². The first kappa shape index (κ1) is 33.8. The van der Waals surface area contributed by atoms with Gasteiger partial charge in [0.25, 0.3) is 14.2 Å². The molecule has 1 aliphatic heterocycles. The van der Waals surface area contributed by atoms with Gasteiger partial charge in [-0.2, -0.15) is 0 Å². The normalized spacial score (nSPS) is 19.2. The Bertz CT molecular complexity index is 1750. The third kappa shape index (κ3) is 6.00. The number of rotatable bonds is 9. The second-order valence-corrected chi connectivity index (χ2v) is 17.7. The molecule has 244 valence electrons. The molecule has 3 nitrogen and oxygen atoms in total. The lowest BCUT2D eigenvalue weighted by Gasteiger charge is -2.45. The Morgan fingerprint density at radius 3 is 2.28 bits per heavy atom. The summed E-state index contributed by atoms with van der Waals surface area (Å²) in [7, 11) is -3.30. The average Bonchev–Trinajstić information content (AvgIpc) is 3.33. The van der Waals surface area contributed by atoms with Gasteiger partial charge in [-0.25, -0.2) is 22.0 Å². The van der Waals surface area contributed by atoms with Crippen LogP contribution in [0.1, 0.15) is 63.0 Å². The summed E-state index contributed by atoms with van der Waals surface area (Å²) in [6.45, 7) is 13.4. The lowest BCUT2D eigenvalue weighted by atomic mass is 9.87. The number of alkyl halides is 2. The zero-order chi connectivity index (χ0) is 33.6. The van der Waals surface area contributed by atoms with Gasteiger partial charge in [0.05, 0.1) is 19.2 Å². The highest BCUT2D eigenvalue weighted by Gasteiger charge is 2.53. The fourth-order valence-electron chi connectivity index (χ4n) is 7.14. The minimum Gasteiger partial charge on any atom is -0.401 e. The highest BCUT2D eigenvalue weighted by Crippen LogP contribution is 2.45. The molecule has 0 spiro atoms. The maximum Gasteiger partial charge on any atom is 0.282 e. The molecule has 46 heavy (non-hydrogen) atoms. The minimum atomic E-state index is -3.42. The van der Waals surface area contributed by atoms with E-state index in [1.54, 1.807) is 26.0 Å². The maximum absolute atomic E-state index is 16.4. The van der Waals surface area contributed by atoms with Gasteiger partial charge in [-0.3, -0.25) is 4.90 Å². The van der Waals surface area contributed by atoms with Gasteiger partial charge in [0, 0.05) is 28.2 Å². The Hall–Kier alpha value is -3.53. The Balaban J connectivity index is 1.59. The summed E-state index contributed by atoms with van der Waals surface area (Å²) in [5.41, 5.74) is 1.66. The minimum absolute atomic E-state index is 0.283. The molecule has 0 saturated carbocycles. The summed E-state index contributed by atoms with van der Waals surface area (Å²) in [6.07, 6.45) is 3.85. The highest BCUT2D eigenvalue weighted by molar-refractivity contribution is 6.95. The van der Waals surface area contributed by atoms with E-state index in [1.807, 2.05) is 64.1 Å². The molecule has 9 heteroatoms. The van der Waals surface area contributed by atoms with Crippen molar-refractivity contribution in [3.63, 3.8) is 0 Å². The molecule has 0 saturated heterocycles. The monoisotopic (exact) mass is 652 g/mol. The molecule has 0 amide bonds. The molecule has 0 fully saturated rings. The zero-order valence-electron chi connectivity index (χ0n) is 27.2. The first-order valence-corrected chi connectivity index (χ1v) is 17.4. The van der Waals surface area contributed by atoms with E-state index in [2.05, 4.69) is 11.6 Å². The fourth-order valence-corrected chi connectivity index (χ4v) is 11.8. The van der Waals surface area contributed by atoms with E-state index in [-0.39, 0.29) is 12.0 Å². The number of hydrogen-bond donors (Lipinski definition) is 1. The summed E-state index contributed by atoms with van der Waals surface area (Å²) in [4.78, 5) is 4.64. The smallest absolute Gasteiger partial charge is 0.282 e. The number of fused-ring (bicyclic) bond motifs is 3. The molecule has 1 N–H and O–H groups in total. The number of hydrogen-bond acceptors (Lipinski definition) is 2.